The second-order valence-electron chi connectivity index (χ2n) is 5.35. The van der Waals surface area contributed by atoms with Gasteiger partial charge in [-0.15, -0.1) is 22.7 Å². The van der Waals surface area contributed by atoms with Gasteiger partial charge in [-0.05, 0) is 36.4 Å². The molecular formula is C17H13N5O2S3. The van der Waals surface area contributed by atoms with E-state index in [-0.39, 0.29) is 4.90 Å². The molecule has 7 nitrogen and oxygen atoms in total. The van der Waals surface area contributed by atoms with Crippen molar-refractivity contribution >= 4 is 48.6 Å². The van der Waals surface area contributed by atoms with E-state index in [1.165, 1.54) is 34.8 Å². The van der Waals surface area contributed by atoms with E-state index >= 15 is 0 Å². The quantitative estimate of drug-likeness (QED) is 0.490. The van der Waals surface area contributed by atoms with E-state index in [4.69, 9.17) is 0 Å². The Kier molecular flexibility index (Phi) is 4.84. The molecule has 27 heavy (non-hydrogen) atoms. The highest BCUT2D eigenvalue weighted by Gasteiger charge is 2.15. The van der Waals surface area contributed by atoms with Gasteiger partial charge in [-0.2, -0.15) is 0 Å². The van der Waals surface area contributed by atoms with Crippen LogP contribution in [0.25, 0.3) is 11.4 Å². The maximum absolute atomic E-state index is 12.3. The van der Waals surface area contributed by atoms with Gasteiger partial charge in [0.1, 0.15) is 5.69 Å². The van der Waals surface area contributed by atoms with Crippen LogP contribution in [0.3, 0.4) is 0 Å². The molecule has 2 N–H and O–H groups in total. The van der Waals surface area contributed by atoms with Crippen LogP contribution in [0.15, 0.2) is 70.5 Å². The van der Waals surface area contributed by atoms with Crippen LogP contribution in [0.4, 0.5) is 16.0 Å². The molecule has 3 aromatic heterocycles. The zero-order valence-electron chi connectivity index (χ0n) is 13.7. The SMILES string of the molecule is O=S(=O)(Nc1nccs1)c1ccc(Nc2nc(-c3ccccn3)cs2)cc1. The summed E-state index contributed by atoms with van der Waals surface area (Å²) in [6.45, 7) is 0. The Balaban J connectivity index is 1.48. The number of aromatic nitrogens is 3. The third-order valence-corrected chi connectivity index (χ3v) is 6.43. The van der Waals surface area contributed by atoms with Crippen molar-refractivity contribution in [2.45, 2.75) is 4.90 Å². The van der Waals surface area contributed by atoms with E-state index in [9.17, 15) is 8.42 Å². The molecule has 0 aliphatic rings. The monoisotopic (exact) mass is 415 g/mol. The van der Waals surface area contributed by atoms with E-state index in [1.54, 1.807) is 29.9 Å². The van der Waals surface area contributed by atoms with Crippen LogP contribution in [0.1, 0.15) is 0 Å². The summed E-state index contributed by atoms with van der Waals surface area (Å²) in [5.74, 6) is 0. The highest BCUT2D eigenvalue weighted by Crippen LogP contribution is 2.27. The first-order valence-electron chi connectivity index (χ1n) is 7.76. The minimum atomic E-state index is -3.66. The summed E-state index contributed by atoms with van der Waals surface area (Å²) in [7, 11) is -3.66. The van der Waals surface area contributed by atoms with Crippen LogP contribution < -0.4 is 10.0 Å². The van der Waals surface area contributed by atoms with Gasteiger partial charge in [0.25, 0.3) is 10.0 Å². The van der Waals surface area contributed by atoms with Gasteiger partial charge >= 0.3 is 0 Å². The van der Waals surface area contributed by atoms with Gasteiger partial charge in [-0.25, -0.2) is 18.4 Å². The van der Waals surface area contributed by atoms with Crippen LogP contribution in [-0.2, 0) is 10.0 Å². The maximum atomic E-state index is 12.3. The van der Waals surface area contributed by atoms with Crippen LogP contribution in [-0.4, -0.2) is 23.4 Å². The molecular weight excluding hydrogens is 402 g/mol. The van der Waals surface area contributed by atoms with Crippen molar-refractivity contribution in [3.05, 3.63) is 65.6 Å². The van der Waals surface area contributed by atoms with Crippen molar-refractivity contribution in [2.24, 2.45) is 0 Å². The summed E-state index contributed by atoms with van der Waals surface area (Å²) in [5, 5.41) is 7.83. The van der Waals surface area contributed by atoms with E-state index in [2.05, 4.69) is 25.0 Å². The number of anilines is 3. The van der Waals surface area contributed by atoms with E-state index < -0.39 is 10.0 Å². The van der Waals surface area contributed by atoms with Gasteiger partial charge in [0.05, 0.1) is 10.6 Å². The third kappa shape index (κ3) is 4.13. The van der Waals surface area contributed by atoms with Crippen LogP contribution in [0.5, 0.6) is 0 Å². The van der Waals surface area contributed by atoms with Crippen LogP contribution >= 0.6 is 22.7 Å². The molecule has 1 aromatic carbocycles. The Bertz CT molecular complexity index is 1130. The molecule has 0 aliphatic carbocycles. The van der Waals surface area contributed by atoms with Gasteiger partial charge < -0.3 is 5.32 Å². The average molecular weight is 416 g/mol. The van der Waals surface area contributed by atoms with E-state index in [0.29, 0.717) is 10.3 Å². The second kappa shape index (κ2) is 7.43. The summed E-state index contributed by atoms with van der Waals surface area (Å²) in [6.07, 6.45) is 3.27. The number of hydrogen-bond acceptors (Lipinski definition) is 8. The van der Waals surface area contributed by atoms with E-state index in [1.807, 2.05) is 23.6 Å². The number of sulfonamides is 1. The Morgan fingerprint density at radius 1 is 0.852 bits per heavy atom. The normalized spacial score (nSPS) is 11.3. The minimum absolute atomic E-state index is 0.163. The lowest BCUT2D eigenvalue weighted by molar-refractivity contribution is 0.601. The lowest BCUT2D eigenvalue weighted by Gasteiger charge is -2.07. The molecule has 0 amide bonds. The fraction of sp³-hybridized carbons (Fsp3) is 0. The van der Waals surface area contributed by atoms with Crippen LogP contribution in [0.2, 0.25) is 0 Å². The summed E-state index contributed by atoms with van der Waals surface area (Å²) in [5.41, 5.74) is 2.33. The van der Waals surface area contributed by atoms with Gasteiger partial charge in [0.2, 0.25) is 0 Å². The van der Waals surface area contributed by atoms with Crippen molar-refractivity contribution in [2.75, 3.05) is 10.0 Å². The lowest BCUT2D eigenvalue weighted by atomic mass is 10.3. The molecule has 10 heteroatoms. The molecule has 0 atom stereocenters. The molecule has 0 unspecified atom stereocenters. The van der Waals surface area contributed by atoms with Crippen molar-refractivity contribution < 1.29 is 8.42 Å². The van der Waals surface area contributed by atoms with Crippen molar-refractivity contribution in [3.8, 4) is 11.4 Å². The highest BCUT2D eigenvalue weighted by molar-refractivity contribution is 7.93. The topological polar surface area (TPSA) is 96.9 Å². The minimum Gasteiger partial charge on any atom is -0.332 e. The first-order chi connectivity index (χ1) is 13.1. The standard InChI is InChI=1S/C17H13N5O2S3/c23-27(24,22-16-19-9-10-25-16)13-6-4-12(5-7-13)20-17-21-15(11-26-17)14-3-1-2-8-18-14/h1-11H,(H,19,22)(H,20,21). The molecule has 0 aliphatic heterocycles. The molecule has 0 radical (unpaired) electrons. The van der Waals surface area contributed by atoms with E-state index in [0.717, 1.165) is 17.1 Å². The molecule has 0 bridgehead atoms. The number of pyridine rings is 1. The molecule has 3 heterocycles. The Morgan fingerprint density at radius 3 is 2.41 bits per heavy atom. The van der Waals surface area contributed by atoms with Gasteiger partial charge in [0.15, 0.2) is 10.3 Å². The van der Waals surface area contributed by atoms with Crippen molar-refractivity contribution in [1.82, 2.24) is 15.0 Å². The fourth-order valence-electron chi connectivity index (χ4n) is 2.25. The number of rotatable bonds is 6. The molecule has 136 valence electrons. The molecule has 4 aromatic rings. The molecule has 0 spiro atoms. The fourth-order valence-corrected chi connectivity index (χ4v) is 4.76. The molecule has 0 saturated heterocycles. The zero-order chi connectivity index (χ0) is 18.7. The van der Waals surface area contributed by atoms with Crippen LogP contribution in [0, 0.1) is 0 Å². The van der Waals surface area contributed by atoms with Gasteiger partial charge in [-0.1, -0.05) is 6.07 Å². The predicted octanol–water partition coefficient (Wildman–Crippen LogP) is 4.21. The molecule has 0 saturated carbocycles. The third-order valence-electron chi connectivity index (χ3n) is 3.50. The molecule has 0 fully saturated rings. The van der Waals surface area contributed by atoms with Crippen molar-refractivity contribution in [3.63, 3.8) is 0 Å². The van der Waals surface area contributed by atoms with Gasteiger partial charge in [-0.3, -0.25) is 9.71 Å². The zero-order valence-corrected chi connectivity index (χ0v) is 16.2. The first-order valence-corrected chi connectivity index (χ1v) is 11.0. The maximum Gasteiger partial charge on any atom is 0.263 e. The smallest absolute Gasteiger partial charge is 0.263 e. The lowest BCUT2D eigenvalue weighted by Crippen LogP contribution is -2.12. The van der Waals surface area contributed by atoms with Crippen molar-refractivity contribution in [1.29, 1.82) is 0 Å². The molecule has 4 rings (SSSR count). The Hall–Kier alpha value is -2.82. The Labute approximate surface area is 163 Å². The summed E-state index contributed by atoms with van der Waals surface area (Å²) >= 11 is 2.68. The summed E-state index contributed by atoms with van der Waals surface area (Å²) in [4.78, 5) is 12.9. The second-order valence-corrected chi connectivity index (χ2v) is 8.78. The predicted molar refractivity (Wildman–Crippen MR) is 108 cm³/mol. The number of nitrogens with one attached hydrogen (secondary N) is 2. The Morgan fingerprint density at radius 2 is 1.70 bits per heavy atom. The highest BCUT2D eigenvalue weighted by atomic mass is 32.2. The average Bonchev–Trinajstić information content (AvgIpc) is 3.35. The van der Waals surface area contributed by atoms with Gasteiger partial charge in [0, 0.05) is 28.8 Å². The largest absolute Gasteiger partial charge is 0.332 e. The number of benzene rings is 1. The number of hydrogen-bond donors (Lipinski definition) is 2. The first kappa shape index (κ1) is 17.6. The number of thiazole rings is 2. The summed E-state index contributed by atoms with van der Waals surface area (Å²) < 4.78 is 27.1. The summed E-state index contributed by atoms with van der Waals surface area (Å²) in [6, 6.07) is 12.1. The number of nitrogens with zero attached hydrogens (tertiary/aromatic N) is 3.